The van der Waals surface area contributed by atoms with E-state index in [4.69, 9.17) is 9.84 Å². The Morgan fingerprint density at radius 2 is 2.00 bits per heavy atom. The van der Waals surface area contributed by atoms with Gasteiger partial charge in [0.1, 0.15) is 5.75 Å². The van der Waals surface area contributed by atoms with Crippen LogP contribution < -0.4 is 4.74 Å². The lowest BCUT2D eigenvalue weighted by Gasteiger charge is -2.06. The molecule has 1 N–H and O–H groups in total. The quantitative estimate of drug-likeness (QED) is 0.365. The predicted molar refractivity (Wildman–Crippen MR) is 62.8 cm³/mol. The van der Waals surface area contributed by atoms with Gasteiger partial charge in [0.05, 0.1) is 0 Å². The highest BCUT2D eigenvalue weighted by atomic mass is 16.5. The Bertz CT molecular complexity index is 460. The molecule has 0 aromatic heterocycles. The number of hydrogen-bond donors (Lipinski definition) is 1. The van der Waals surface area contributed by atoms with Crippen LogP contribution in [0, 0.1) is 0 Å². The first kappa shape index (κ1) is 12.7. The SMILES string of the molecule is C=CCc1ccccc1OC(=O)/C=C\C(=O)O. The lowest BCUT2D eigenvalue weighted by molar-refractivity contribution is -0.133. The molecule has 88 valence electrons. The molecule has 1 aromatic carbocycles. The third-order valence-corrected chi connectivity index (χ3v) is 1.91. The first-order chi connectivity index (χ1) is 8.13. The molecule has 0 spiro atoms. The second kappa shape index (κ2) is 6.27. The van der Waals surface area contributed by atoms with Gasteiger partial charge in [0.2, 0.25) is 0 Å². The molecule has 4 nitrogen and oxygen atoms in total. The summed E-state index contributed by atoms with van der Waals surface area (Å²) < 4.78 is 5.01. The molecule has 1 rings (SSSR count). The normalized spacial score (nSPS) is 10.1. The fraction of sp³-hybridized carbons (Fsp3) is 0.0769. The number of allylic oxidation sites excluding steroid dienone is 1. The summed E-state index contributed by atoms with van der Waals surface area (Å²) in [7, 11) is 0. The van der Waals surface area contributed by atoms with Crippen LogP contribution in [0.15, 0.2) is 49.1 Å². The van der Waals surface area contributed by atoms with Crippen LogP contribution in [0.1, 0.15) is 5.56 Å². The van der Waals surface area contributed by atoms with E-state index in [1.165, 1.54) is 0 Å². The molecule has 0 aliphatic heterocycles. The van der Waals surface area contributed by atoms with Gasteiger partial charge in [-0.05, 0) is 18.1 Å². The summed E-state index contributed by atoms with van der Waals surface area (Å²) in [6.07, 6.45) is 3.87. The zero-order chi connectivity index (χ0) is 12.7. The number of esters is 1. The number of rotatable bonds is 5. The van der Waals surface area contributed by atoms with Crippen molar-refractivity contribution in [2.45, 2.75) is 6.42 Å². The Kier molecular flexibility index (Phi) is 4.69. The maximum Gasteiger partial charge on any atom is 0.336 e. The van der Waals surface area contributed by atoms with Crippen molar-refractivity contribution in [1.82, 2.24) is 0 Å². The van der Waals surface area contributed by atoms with Crippen molar-refractivity contribution in [3.63, 3.8) is 0 Å². The number of carbonyl (C=O) groups excluding carboxylic acids is 1. The minimum Gasteiger partial charge on any atom is -0.478 e. The maximum atomic E-state index is 11.3. The Morgan fingerprint density at radius 3 is 2.65 bits per heavy atom. The summed E-state index contributed by atoms with van der Waals surface area (Å²) >= 11 is 0. The van der Waals surface area contributed by atoms with E-state index in [2.05, 4.69) is 6.58 Å². The van der Waals surface area contributed by atoms with Crippen LogP contribution in [0.25, 0.3) is 0 Å². The Morgan fingerprint density at radius 1 is 1.29 bits per heavy atom. The number of hydrogen-bond acceptors (Lipinski definition) is 3. The summed E-state index contributed by atoms with van der Waals surface area (Å²) in [4.78, 5) is 21.5. The maximum absolute atomic E-state index is 11.3. The third-order valence-electron chi connectivity index (χ3n) is 1.91. The molecule has 0 saturated carbocycles. The molecule has 17 heavy (non-hydrogen) atoms. The van der Waals surface area contributed by atoms with E-state index in [0.717, 1.165) is 17.7 Å². The number of para-hydroxylation sites is 1. The highest BCUT2D eigenvalue weighted by Crippen LogP contribution is 2.18. The fourth-order valence-electron chi connectivity index (χ4n) is 1.21. The Balaban J connectivity index is 2.77. The van der Waals surface area contributed by atoms with Crippen molar-refractivity contribution in [3.8, 4) is 5.75 Å². The summed E-state index contributed by atoms with van der Waals surface area (Å²) in [6.45, 7) is 3.60. The lowest BCUT2D eigenvalue weighted by Crippen LogP contribution is -2.06. The van der Waals surface area contributed by atoms with Crippen LogP contribution >= 0.6 is 0 Å². The van der Waals surface area contributed by atoms with Gasteiger partial charge >= 0.3 is 11.9 Å². The van der Waals surface area contributed by atoms with E-state index in [1.807, 2.05) is 12.1 Å². The Labute approximate surface area is 98.8 Å². The van der Waals surface area contributed by atoms with Gasteiger partial charge in [-0.2, -0.15) is 0 Å². The molecule has 0 radical (unpaired) electrons. The van der Waals surface area contributed by atoms with Gasteiger partial charge in [-0.15, -0.1) is 6.58 Å². The molecule has 0 amide bonds. The zero-order valence-electron chi connectivity index (χ0n) is 9.13. The van der Waals surface area contributed by atoms with E-state index in [1.54, 1.807) is 18.2 Å². The molecule has 0 bridgehead atoms. The van der Waals surface area contributed by atoms with E-state index in [-0.39, 0.29) is 0 Å². The third kappa shape index (κ3) is 4.34. The van der Waals surface area contributed by atoms with Gasteiger partial charge in [-0.25, -0.2) is 9.59 Å². The predicted octanol–water partition coefficient (Wildman–Crippen LogP) is 1.96. The Hall–Kier alpha value is -2.36. The van der Waals surface area contributed by atoms with Crippen molar-refractivity contribution < 1.29 is 19.4 Å². The minimum atomic E-state index is -1.19. The smallest absolute Gasteiger partial charge is 0.336 e. The fourth-order valence-corrected chi connectivity index (χ4v) is 1.21. The van der Waals surface area contributed by atoms with Crippen molar-refractivity contribution in [3.05, 3.63) is 54.6 Å². The molecule has 0 atom stereocenters. The summed E-state index contributed by atoms with van der Waals surface area (Å²) in [5.74, 6) is -1.50. The molecule has 1 aromatic rings. The van der Waals surface area contributed by atoms with Crippen molar-refractivity contribution in [2.24, 2.45) is 0 Å². The number of carboxylic acids is 1. The molecule has 0 aliphatic rings. The second-order valence-corrected chi connectivity index (χ2v) is 3.19. The van der Waals surface area contributed by atoms with Crippen LogP contribution in [0.5, 0.6) is 5.75 Å². The van der Waals surface area contributed by atoms with Gasteiger partial charge in [0, 0.05) is 12.2 Å². The molecule has 0 heterocycles. The molecule has 0 saturated heterocycles. The number of carbonyl (C=O) groups is 2. The van der Waals surface area contributed by atoms with Gasteiger partial charge in [-0.3, -0.25) is 0 Å². The highest BCUT2D eigenvalue weighted by Gasteiger charge is 2.05. The second-order valence-electron chi connectivity index (χ2n) is 3.19. The van der Waals surface area contributed by atoms with E-state index in [9.17, 15) is 9.59 Å². The number of benzene rings is 1. The first-order valence-corrected chi connectivity index (χ1v) is 4.95. The highest BCUT2D eigenvalue weighted by molar-refractivity contribution is 5.91. The van der Waals surface area contributed by atoms with Crippen molar-refractivity contribution in [2.75, 3.05) is 0 Å². The van der Waals surface area contributed by atoms with Crippen molar-refractivity contribution >= 4 is 11.9 Å². The largest absolute Gasteiger partial charge is 0.478 e. The number of carboxylic acid groups (broad SMARTS) is 1. The summed E-state index contributed by atoms with van der Waals surface area (Å²) in [6, 6.07) is 7.01. The van der Waals surface area contributed by atoms with Crippen LogP contribution in [0.3, 0.4) is 0 Å². The van der Waals surface area contributed by atoms with Gasteiger partial charge in [-0.1, -0.05) is 24.3 Å². The topological polar surface area (TPSA) is 63.6 Å². The summed E-state index contributed by atoms with van der Waals surface area (Å²) in [5, 5.41) is 8.36. The van der Waals surface area contributed by atoms with E-state index >= 15 is 0 Å². The molecule has 0 fully saturated rings. The molecular formula is C13H12O4. The monoisotopic (exact) mass is 232 g/mol. The summed E-state index contributed by atoms with van der Waals surface area (Å²) in [5.41, 5.74) is 0.819. The average molecular weight is 232 g/mol. The van der Waals surface area contributed by atoms with Crippen LogP contribution in [-0.2, 0) is 16.0 Å². The number of aliphatic carboxylic acids is 1. The average Bonchev–Trinajstić information content (AvgIpc) is 2.29. The van der Waals surface area contributed by atoms with Gasteiger partial charge in [0.15, 0.2) is 0 Å². The standard InChI is InChI=1S/C13H12O4/c1-2-5-10-6-3-4-7-11(10)17-13(16)9-8-12(14)15/h2-4,6-9H,1,5H2,(H,14,15)/b9-8-. The molecule has 4 heteroatoms. The van der Waals surface area contributed by atoms with Crippen LogP contribution in [-0.4, -0.2) is 17.0 Å². The number of ether oxygens (including phenoxy) is 1. The van der Waals surface area contributed by atoms with Gasteiger partial charge in [0.25, 0.3) is 0 Å². The molecule has 0 unspecified atom stereocenters. The van der Waals surface area contributed by atoms with E-state index < -0.39 is 11.9 Å². The lowest BCUT2D eigenvalue weighted by atomic mass is 10.1. The van der Waals surface area contributed by atoms with Crippen molar-refractivity contribution in [1.29, 1.82) is 0 Å². The van der Waals surface area contributed by atoms with Crippen LogP contribution in [0.4, 0.5) is 0 Å². The van der Waals surface area contributed by atoms with E-state index in [0.29, 0.717) is 12.2 Å². The molecule has 0 aliphatic carbocycles. The zero-order valence-corrected chi connectivity index (χ0v) is 9.13. The molecular weight excluding hydrogens is 220 g/mol. The van der Waals surface area contributed by atoms with Gasteiger partial charge < -0.3 is 9.84 Å². The minimum absolute atomic E-state index is 0.410. The van der Waals surface area contributed by atoms with Crippen LogP contribution in [0.2, 0.25) is 0 Å². The first-order valence-electron chi connectivity index (χ1n) is 4.95.